The van der Waals surface area contributed by atoms with Crippen LogP contribution in [0.5, 0.6) is 0 Å². The van der Waals surface area contributed by atoms with Crippen LogP contribution in [-0.4, -0.2) is 56.0 Å². The highest BCUT2D eigenvalue weighted by Crippen LogP contribution is 2.74. The van der Waals surface area contributed by atoms with E-state index in [9.17, 15) is 19.5 Å². The van der Waals surface area contributed by atoms with Crippen LogP contribution in [0.25, 0.3) is 16.8 Å². The number of piperidine rings is 1. The maximum absolute atomic E-state index is 15.5. The highest BCUT2D eigenvalue weighted by Gasteiger charge is 2.80. The third-order valence-corrected chi connectivity index (χ3v) is 9.90. The molecule has 0 radical (unpaired) electrons. The zero-order valence-electron chi connectivity index (χ0n) is 25.3. The van der Waals surface area contributed by atoms with Crippen molar-refractivity contribution in [1.82, 2.24) is 19.6 Å². The van der Waals surface area contributed by atoms with Gasteiger partial charge in [-0.05, 0) is 71.7 Å². The number of hydrogen-bond donors (Lipinski definition) is 3. The molecule has 2 aromatic carbocycles. The molecule has 11 heteroatoms. The van der Waals surface area contributed by atoms with E-state index in [4.69, 9.17) is 5.41 Å². The number of carbonyl (C=O) groups excluding carboxylic acids is 2. The fourth-order valence-corrected chi connectivity index (χ4v) is 7.53. The lowest BCUT2D eigenvalue weighted by molar-refractivity contribution is -0.138. The average molecular weight is 614 g/mol. The van der Waals surface area contributed by atoms with Gasteiger partial charge in [-0.2, -0.15) is 0 Å². The third-order valence-electron chi connectivity index (χ3n) is 9.90. The molecule has 4 aromatic rings. The summed E-state index contributed by atoms with van der Waals surface area (Å²) in [6.45, 7) is 7.67. The molecular weight excluding hydrogens is 580 g/mol. The first kappa shape index (κ1) is 30.1. The van der Waals surface area contributed by atoms with Crippen molar-refractivity contribution >= 4 is 29.6 Å². The molecule has 3 heterocycles. The van der Waals surface area contributed by atoms with Crippen LogP contribution in [-0.2, 0) is 9.59 Å². The second-order valence-corrected chi connectivity index (χ2v) is 12.6. The van der Waals surface area contributed by atoms with E-state index in [-0.39, 0.29) is 23.7 Å². The van der Waals surface area contributed by atoms with Crippen molar-refractivity contribution in [1.29, 1.82) is 5.41 Å². The zero-order valence-corrected chi connectivity index (χ0v) is 25.3. The van der Waals surface area contributed by atoms with Crippen LogP contribution in [0, 0.1) is 47.6 Å². The number of carboxylic acids is 1. The third kappa shape index (κ3) is 4.51. The molecule has 2 aromatic heterocycles. The molecule has 0 bridgehead atoms. The predicted molar refractivity (Wildman–Crippen MR) is 163 cm³/mol. The second kappa shape index (κ2) is 10.6. The average Bonchev–Trinajstić information content (AvgIpc) is 3.35. The summed E-state index contributed by atoms with van der Waals surface area (Å²) < 4.78 is 32.2. The number of amides is 2. The number of pyridine rings is 1. The molecule has 2 amide bonds. The number of nitrogens with zero attached hydrogens (tertiary/aromatic N) is 3. The van der Waals surface area contributed by atoms with Crippen LogP contribution in [0.2, 0.25) is 0 Å². The molecule has 232 valence electrons. The number of rotatable bonds is 8. The summed E-state index contributed by atoms with van der Waals surface area (Å²) in [6, 6.07) is 10.5. The Morgan fingerprint density at radius 3 is 2.51 bits per heavy atom. The van der Waals surface area contributed by atoms with Crippen molar-refractivity contribution in [3.05, 3.63) is 94.9 Å². The van der Waals surface area contributed by atoms with Crippen molar-refractivity contribution < 1.29 is 28.3 Å². The van der Waals surface area contributed by atoms with E-state index in [2.05, 4.69) is 10.3 Å². The molecule has 4 atom stereocenters. The van der Waals surface area contributed by atoms with E-state index in [0.717, 1.165) is 17.2 Å². The molecule has 2 unspecified atom stereocenters. The lowest BCUT2D eigenvalue weighted by Gasteiger charge is -2.34. The van der Waals surface area contributed by atoms with Gasteiger partial charge < -0.3 is 20.7 Å². The maximum Gasteiger partial charge on any atom is 0.305 e. The first-order valence-electron chi connectivity index (χ1n) is 14.7. The summed E-state index contributed by atoms with van der Waals surface area (Å²) in [4.78, 5) is 45.9. The molecule has 0 spiro atoms. The second-order valence-electron chi connectivity index (χ2n) is 12.6. The molecule has 2 aliphatic rings. The molecule has 9 nitrogen and oxygen atoms in total. The molecule has 2 fully saturated rings. The number of aromatic nitrogens is 2. The van der Waals surface area contributed by atoms with Crippen LogP contribution < -0.4 is 5.32 Å². The monoisotopic (exact) mass is 613 g/mol. The Morgan fingerprint density at radius 1 is 1.13 bits per heavy atom. The number of halogens is 2. The number of aliphatic carboxylic acids is 1. The molecular formula is C34H33F2N5O4. The van der Waals surface area contributed by atoms with Gasteiger partial charge >= 0.3 is 5.97 Å². The van der Waals surface area contributed by atoms with Gasteiger partial charge in [-0.3, -0.25) is 18.8 Å². The summed E-state index contributed by atoms with van der Waals surface area (Å²) in [5.74, 6) is -5.25. The Labute approximate surface area is 258 Å². The SMILES string of the molecule is Cc1cccc(C)c1-c1cc(F)c(F)c([C@H](CC(=O)O)NC(=O)[C@H]2N(C(=O)c3cnc4ccccn34)CC3C(C)(C)C32C=N)c1. The van der Waals surface area contributed by atoms with Crippen LogP contribution in [0.3, 0.4) is 0 Å². The Balaban J connectivity index is 1.41. The van der Waals surface area contributed by atoms with Gasteiger partial charge in [-0.15, -0.1) is 0 Å². The minimum Gasteiger partial charge on any atom is -0.481 e. The topological polar surface area (TPSA) is 128 Å². The lowest BCUT2D eigenvalue weighted by atomic mass is 9.87. The van der Waals surface area contributed by atoms with Gasteiger partial charge in [-0.1, -0.05) is 38.1 Å². The number of benzene rings is 2. The minimum atomic E-state index is -1.47. The van der Waals surface area contributed by atoms with Crippen LogP contribution >= 0.6 is 0 Å². The number of carbonyl (C=O) groups is 3. The first-order chi connectivity index (χ1) is 21.3. The van der Waals surface area contributed by atoms with E-state index in [0.29, 0.717) is 16.8 Å². The van der Waals surface area contributed by atoms with Gasteiger partial charge in [0.15, 0.2) is 11.6 Å². The summed E-state index contributed by atoms with van der Waals surface area (Å²) >= 11 is 0. The number of nitrogens with one attached hydrogen (secondary N) is 2. The van der Waals surface area contributed by atoms with Gasteiger partial charge in [0.25, 0.3) is 5.91 Å². The predicted octanol–water partition coefficient (Wildman–Crippen LogP) is 5.34. The number of aryl methyl sites for hydroxylation is 2. The van der Waals surface area contributed by atoms with Gasteiger partial charge in [-0.25, -0.2) is 13.8 Å². The molecule has 45 heavy (non-hydrogen) atoms. The number of carboxylic acid groups (broad SMARTS) is 1. The van der Waals surface area contributed by atoms with Crippen molar-refractivity contribution in [3.63, 3.8) is 0 Å². The van der Waals surface area contributed by atoms with E-state index in [1.54, 1.807) is 28.8 Å². The van der Waals surface area contributed by atoms with Crippen LogP contribution in [0.4, 0.5) is 8.78 Å². The summed E-state index contributed by atoms with van der Waals surface area (Å²) in [5, 5.41) is 20.8. The number of likely N-dealkylation sites (tertiary alicyclic amines) is 1. The summed E-state index contributed by atoms with van der Waals surface area (Å²) in [7, 11) is 0. The van der Waals surface area contributed by atoms with Crippen molar-refractivity contribution in [2.24, 2.45) is 16.7 Å². The number of imidazole rings is 1. The Hall–Kier alpha value is -4.93. The fraction of sp³-hybridized carbons (Fsp3) is 0.324. The van der Waals surface area contributed by atoms with E-state index < -0.39 is 58.8 Å². The Morgan fingerprint density at radius 2 is 1.84 bits per heavy atom. The van der Waals surface area contributed by atoms with Crippen molar-refractivity contribution in [2.75, 3.05) is 6.54 Å². The smallest absolute Gasteiger partial charge is 0.305 e. The molecule has 1 aliphatic heterocycles. The van der Waals surface area contributed by atoms with Gasteiger partial charge in [0.05, 0.1) is 18.7 Å². The van der Waals surface area contributed by atoms with E-state index in [1.807, 2.05) is 45.9 Å². The van der Waals surface area contributed by atoms with E-state index in [1.165, 1.54) is 23.4 Å². The maximum atomic E-state index is 15.5. The normalized spacial score (nSPS) is 22.1. The van der Waals surface area contributed by atoms with Crippen molar-refractivity contribution in [2.45, 2.75) is 46.2 Å². The zero-order chi connectivity index (χ0) is 32.4. The quantitative estimate of drug-likeness (QED) is 0.231. The number of fused-ring (bicyclic) bond motifs is 2. The molecule has 6 rings (SSSR count). The van der Waals surface area contributed by atoms with Gasteiger partial charge in [0.2, 0.25) is 5.91 Å². The highest BCUT2D eigenvalue weighted by atomic mass is 19.2. The fourth-order valence-electron chi connectivity index (χ4n) is 7.53. The first-order valence-corrected chi connectivity index (χ1v) is 14.7. The van der Waals surface area contributed by atoms with Gasteiger partial charge in [0, 0.05) is 29.9 Å². The van der Waals surface area contributed by atoms with Crippen molar-refractivity contribution in [3.8, 4) is 11.1 Å². The van der Waals surface area contributed by atoms with E-state index >= 15 is 8.78 Å². The molecule has 1 saturated carbocycles. The highest BCUT2D eigenvalue weighted by molar-refractivity contribution is 6.01. The lowest BCUT2D eigenvalue weighted by Crippen LogP contribution is -2.54. The number of hydrogen-bond acceptors (Lipinski definition) is 5. The largest absolute Gasteiger partial charge is 0.481 e. The molecule has 3 N–H and O–H groups in total. The Kier molecular flexibility index (Phi) is 7.10. The summed E-state index contributed by atoms with van der Waals surface area (Å²) in [5.41, 5.74) is 1.52. The Bertz CT molecular complexity index is 1880. The van der Waals surface area contributed by atoms with Gasteiger partial charge in [0.1, 0.15) is 17.4 Å². The van der Waals surface area contributed by atoms with Crippen LogP contribution in [0.15, 0.2) is 60.9 Å². The molecule has 1 saturated heterocycles. The standard InChI is InChI=1S/C34H33F2N5O4/c1-18-8-7-9-19(2)28(18)20-12-21(29(36)22(35)13-20)23(14-27(42)43)39-31(44)30-34(17-37)25(33(34,3)4)16-41(30)32(45)24-15-38-26-10-5-6-11-40(24)26/h5-13,15,17,23,25,30,37H,14,16H2,1-4H3,(H,39,44)(H,42,43)/t23-,25?,30+,34?/m0/s1. The van der Waals surface area contributed by atoms with Crippen LogP contribution in [0.1, 0.15) is 53.5 Å². The summed E-state index contributed by atoms with van der Waals surface area (Å²) in [6.07, 6.45) is 3.55. The molecule has 1 aliphatic carbocycles. The minimum absolute atomic E-state index is 0.175.